The summed E-state index contributed by atoms with van der Waals surface area (Å²) in [5.74, 6) is 1.27. The predicted molar refractivity (Wildman–Crippen MR) is 77.8 cm³/mol. The average Bonchev–Trinajstić information content (AvgIpc) is 2.85. The lowest BCUT2D eigenvalue weighted by atomic mass is 9.98. The largest absolute Gasteiger partial charge is 0.383 e. The van der Waals surface area contributed by atoms with Gasteiger partial charge in [-0.3, -0.25) is 0 Å². The number of nitrogen functional groups attached to an aromatic ring is 1. The van der Waals surface area contributed by atoms with Gasteiger partial charge >= 0.3 is 0 Å². The molecule has 0 fully saturated rings. The van der Waals surface area contributed by atoms with Crippen molar-refractivity contribution in [3.05, 3.63) is 12.5 Å². The number of hydrogen-bond acceptors (Lipinski definition) is 4. The molecule has 0 aliphatic rings. The van der Waals surface area contributed by atoms with Crippen LogP contribution in [0, 0.1) is 5.92 Å². The number of aromatic nitrogens is 4. The van der Waals surface area contributed by atoms with Crippen LogP contribution in [-0.2, 0) is 0 Å². The molecule has 0 radical (unpaired) electrons. The Balaban J connectivity index is 2.23. The average molecular weight is 261 g/mol. The van der Waals surface area contributed by atoms with Crippen LogP contribution < -0.4 is 5.73 Å². The molecule has 5 nitrogen and oxygen atoms in total. The van der Waals surface area contributed by atoms with Crippen LogP contribution in [0.4, 0.5) is 5.82 Å². The second-order valence-corrected chi connectivity index (χ2v) is 5.24. The Morgan fingerprint density at radius 1 is 1.21 bits per heavy atom. The lowest BCUT2D eigenvalue weighted by Crippen LogP contribution is -2.12. The first-order valence-corrected chi connectivity index (χ1v) is 7.11. The summed E-state index contributed by atoms with van der Waals surface area (Å²) in [5, 5.41) is 5.32. The van der Waals surface area contributed by atoms with E-state index in [9.17, 15) is 0 Å². The zero-order chi connectivity index (χ0) is 13.8. The minimum absolute atomic E-state index is 0.390. The Morgan fingerprint density at radius 2 is 2.00 bits per heavy atom. The molecule has 2 N–H and O–H groups in total. The number of hydrogen-bond donors (Lipinski definition) is 1. The number of nitrogens with zero attached hydrogens (tertiary/aromatic N) is 4. The summed E-state index contributed by atoms with van der Waals surface area (Å²) < 4.78 is 2.01. The number of fused-ring (bicyclic) bond motifs is 1. The van der Waals surface area contributed by atoms with E-state index in [0.717, 1.165) is 29.8 Å². The molecule has 2 atom stereocenters. The molecule has 0 saturated heterocycles. The van der Waals surface area contributed by atoms with E-state index in [1.54, 1.807) is 6.20 Å². The summed E-state index contributed by atoms with van der Waals surface area (Å²) >= 11 is 0. The van der Waals surface area contributed by atoms with Gasteiger partial charge in [0.1, 0.15) is 12.1 Å². The Morgan fingerprint density at radius 3 is 2.68 bits per heavy atom. The summed E-state index contributed by atoms with van der Waals surface area (Å²) in [6.07, 6.45) is 7.92. The monoisotopic (exact) mass is 261 g/mol. The third-order valence-corrected chi connectivity index (χ3v) is 3.93. The Kier molecular flexibility index (Phi) is 4.35. The van der Waals surface area contributed by atoms with E-state index in [4.69, 9.17) is 5.73 Å². The SMILES string of the molecule is CCC(C)CCC(CC)n1ncc2c(N)ncnc21. The van der Waals surface area contributed by atoms with Gasteiger partial charge in [-0.05, 0) is 25.2 Å². The molecule has 0 aromatic carbocycles. The summed E-state index contributed by atoms with van der Waals surface area (Å²) in [6, 6.07) is 0.390. The van der Waals surface area contributed by atoms with E-state index >= 15 is 0 Å². The minimum atomic E-state index is 0.390. The highest BCUT2D eigenvalue weighted by Crippen LogP contribution is 2.26. The zero-order valence-electron chi connectivity index (χ0n) is 12.0. The van der Waals surface area contributed by atoms with E-state index in [0.29, 0.717) is 11.9 Å². The van der Waals surface area contributed by atoms with Gasteiger partial charge in [0.05, 0.1) is 17.6 Å². The van der Waals surface area contributed by atoms with Crippen LogP contribution in [0.2, 0.25) is 0 Å². The molecule has 0 aliphatic heterocycles. The normalized spacial score (nSPS) is 14.7. The van der Waals surface area contributed by atoms with E-state index < -0.39 is 0 Å². The molecule has 5 heteroatoms. The molecule has 2 aromatic rings. The Bertz CT molecular complexity index is 534. The van der Waals surface area contributed by atoms with Crippen LogP contribution in [0.1, 0.15) is 52.5 Å². The Hall–Kier alpha value is -1.65. The number of anilines is 1. The Labute approximate surface area is 114 Å². The summed E-state index contributed by atoms with van der Waals surface area (Å²) in [7, 11) is 0. The molecule has 2 unspecified atom stereocenters. The first-order valence-electron chi connectivity index (χ1n) is 7.11. The highest BCUT2D eigenvalue weighted by Gasteiger charge is 2.16. The second-order valence-electron chi connectivity index (χ2n) is 5.24. The van der Waals surface area contributed by atoms with Crippen LogP contribution in [0.5, 0.6) is 0 Å². The van der Waals surface area contributed by atoms with Crippen LogP contribution in [0.3, 0.4) is 0 Å². The van der Waals surface area contributed by atoms with Gasteiger partial charge in [0.15, 0.2) is 5.65 Å². The van der Waals surface area contributed by atoms with Gasteiger partial charge in [-0.25, -0.2) is 14.6 Å². The van der Waals surface area contributed by atoms with E-state index in [1.165, 1.54) is 19.2 Å². The maximum Gasteiger partial charge on any atom is 0.163 e. The van der Waals surface area contributed by atoms with Gasteiger partial charge in [-0.1, -0.05) is 27.2 Å². The topological polar surface area (TPSA) is 69.6 Å². The molecule has 0 aliphatic carbocycles. The van der Waals surface area contributed by atoms with E-state index in [2.05, 4.69) is 35.8 Å². The first-order chi connectivity index (χ1) is 9.17. The van der Waals surface area contributed by atoms with Crippen molar-refractivity contribution < 1.29 is 0 Å². The smallest absolute Gasteiger partial charge is 0.163 e. The van der Waals surface area contributed by atoms with Crippen molar-refractivity contribution in [2.45, 2.75) is 52.5 Å². The first kappa shape index (κ1) is 13.8. The molecule has 0 saturated carbocycles. The van der Waals surface area contributed by atoms with Gasteiger partial charge in [0.25, 0.3) is 0 Å². The molecule has 0 bridgehead atoms. The van der Waals surface area contributed by atoms with Crippen LogP contribution in [0.25, 0.3) is 11.0 Å². The van der Waals surface area contributed by atoms with Gasteiger partial charge in [0, 0.05) is 0 Å². The molecule has 104 valence electrons. The molecule has 2 heterocycles. The summed E-state index contributed by atoms with van der Waals surface area (Å²) in [6.45, 7) is 6.73. The molecule has 19 heavy (non-hydrogen) atoms. The van der Waals surface area contributed by atoms with Crippen molar-refractivity contribution in [3.63, 3.8) is 0 Å². The van der Waals surface area contributed by atoms with Gasteiger partial charge < -0.3 is 5.73 Å². The highest BCUT2D eigenvalue weighted by atomic mass is 15.3. The minimum Gasteiger partial charge on any atom is -0.383 e. The fraction of sp³-hybridized carbons (Fsp3) is 0.643. The molecule has 0 amide bonds. The lowest BCUT2D eigenvalue weighted by Gasteiger charge is -2.18. The fourth-order valence-corrected chi connectivity index (χ4v) is 2.33. The highest BCUT2D eigenvalue weighted by molar-refractivity contribution is 5.84. The standard InChI is InChI=1S/C14H23N5/c1-4-10(3)6-7-11(5-2)19-14-12(8-18-19)13(15)16-9-17-14/h8-11H,4-7H2,1-3H3,(H2,15,16,17). The molecular formula is C14H23N5. The molecule has 2 rings (SSSR count). The van der Waals surface area contributed by atoms with Crippen molar-refractivity contribution in [2.24, 2.45) is 5.92 Å². The molecular weight excluding hydrogens is 238 g/mol. The van der Waals surface area contributed by atoms with Crippen LogP contribution in [0.15, 0.2) is 12.5 Å². The van der Waals surface area contributed by atoms with Gasteiger partial charge in [-0.2, -0.15) is 5.10 Å². The predicted octanol–water partition coefficient (Wildman–Crippen LogP) is 3.19. The summed E-state index contributed by atoms with van der Waals surface area (Å²) in [4.78, 5) is 8.33. The molecule has 2 aromatic heterocycles. The zero-order valence-corrected chi connectivity index (χ0v) is 12.0. The lowest BCUT2D eigenvalue weighted by molar-refractivity contribution is 0.370. The van der Waals surface area contributed by atoms with Crippen LogP contribution >= 0.6 is 0 Å². The third kappa shape index (κ3) is 2.85. The number of nitrogens with two attached hydrogens (primary N) is 1. The molecule has 0 spiro atoms. The van der Waals surface area contributed by atoms with Crippen molar-refractivity contribution >= 4 is 16.9 Å². The van der Waals surface area contributed by atoms with Gasteiger partial charge in [0.2, 0.25) is 0 Å². The van der Waals surface area contributed by atoms with Crippen molar-refractivity contribution in [1.82, 2.24) is 19.7 Å². The van der Waals surface area contributed by atoms with E-state index in [1.807, 2.05) is 4.68 Å². The van der Waals surface area contributed by atoms with Crippen molar-refractivity contribution in [2.75, 3.05) is 5.73 Å². The van der Waals surface area contributed by atoms with Gasteiger partial charge in [-0.15, -0.1) is 0 Å². The van der Waals surface area contributed by atoms with Crippen molar-refractivity contribution in [3.8, 4) is 0 Å². The fourth-order valence-electron chi connectivity index (χ4n) is 2.33. The van der Waals surface area contributed by atoms with E-state index in [-0.39, 0.29) is 0 Å². The summed E-state index contributed by atoms with van der Waals surface area (Å²) in [5.41, 5.74) is 6.70. The second kappa shape index (κ2) is 5.99. The van der Waals surface area contributed by atoms with Crippen LogP contribution in [-0.4, -0.2) is 19.7 Å². The third-order valence-electron chi connectivity index (χ3n) is 3.93. The maximum absolute atomic E-state index is 5.85. The maximum atomic E-state index is 5.85. The quantitative estimate of drug-likeness (QED) is 0.867. The van der Waals surface area contributed by atoms with Crippen molar-refractivity contribution in [1.29, 1.82) is 0 Å². The number of rotatable bonds is 6.